The van der Waals surface area contributed by atoms with E-state index in [9.17, 15) is 9.59 Å². The molecule has 2 aromatic carbocycles. The lowest BCUT2D eigenvalue weighted by molar-refractivity contribution is -0.142. The summed E-state index contributed by atoms with van der Waals surface area (Å²) in [5.41, 5.74) is 2.40. The van der Waals surface area contributed by atoms with Gasteiger partial charge in [-0.15, -0.1) is 0 Å². The topological polar surface area (TPSA) is 64.6 Å². The highest BCUT2D eigenvalue weighted by Gasteiger charge is 2.23. The minimum Gasteiger partial charge on any atom is -0.496 e. The van der Waals surface area contributed by atoms with Crippen molar-refractivity contribution in [1.29, 1.82) is 0 Å². The van der Waals surface area contributed by atoms with E-state index in [1.54, 1.807) is 6.07 Å². The van der Waals surface area contributed by atoms with Gasteiger partial charge in [0.1, 0.15) is 11.8 Å². The quantitative estimate of drug-likeness (QED) is 0.552. The number of methoxy groups -OCH3 is 2. The molecule has 2 aromatic rings. The second kappa shape index (κ2) is 9.87. The lowest BCUT2D eigenvalue weighted by atomic mass is 10.0. The molecule has 1 N–H and O–H groups in total. The van der Waals surface area contributed by atoms with Gasteiger partial charge >= 0.3 is 5.97 Å². The molecule has 0 aromatic heterocycles. The predicted octanol–water partition coefficient (Wildman–Crippen LogP) is 2.88. The van der Waals surface area contributed by atoms with Crippen LogP contribution in [-0.2, 0) is 16.0 Å². The van der Waals surface area contributed by atoms with Crippen LogP contribution in [0.5, 0.6) is 5.75 Å². The number of rotatable bonds is 8. The van der Waals surface area contributed by atoms with E-state index in [1.165, 1.54) is 14.2 Å². The van der Waals surface area contributed by atoms with Crippen LogP contribution in [0.3, 0.4) is 0 Å². The Morgan fingerprint density at radius 3 is 2.42 bits per heavy atom. The Morgan fingerprint density at radius 2 is 1.81 bits per heavy atom. The second-order valence-electron chi connectivity index (χ2n) is 5.72. The van der Waals surface area contributed by atoms with Crippen molar-refractivity contribution in [3.05, 3.63) is 65.2 Å². The molecule has 1 atom stereocenters. The number of benzene rings is 2. The molecule has 6 heteroatoms. The third-order valence-corrected chi connectivity index (χ3v) is 4.25. The number of nitrogens with one attached hydrogen (secondary N) is 1. The molecule has 0 spiro atoms. The van der Waals surface area contributed by atoms with Gasteiger partial charge in [0.05, 0.1) is 19.8 Å². The van der Waals surface area contributed by atoms with Crippen molar-refractivity contribution in [2.75, 3.05) is 20.0 Å². The summed E-state index contributed by atoms with van der Waals surface area (Å²) in [7, 11) is 2.83. The number of thiol groups is 1. The molecule has 5 nitrogen and oxygen atoms in total. The number of ether oxygens (including phenoxy) is 2. The zero-order valence-corrected chi connectivity index (χ0v) is 15.8. The van der Waals surface area contributed by atoms with Gasteiger partial charge in [0.25, 0.3) is 5.91 Å². The third-order valence-electron chi connectivity index (χ3n) is 3.99. The molecule has 0 unspecified atom stereocenters. The third kappa shape index (κ3) is 5.02. The molecular formula is C20H23NO4S. The lowest BCUT2D eigenvalue weighted by Crippen LogP contribution is -2.42. The molecule has 0 aliphatic carbocycles. The highest BCUT2D eigenvalue weighted by Crippen LogP contribution is 2.26. The van der Waals surface area contributed by atoms with Gasteiger partial charge in [-0.05, 0) is 29.4 Å². The Labute approximate surface area is 159 Å². The van der Waals surface area contributed by atoms with Crippen molar-refractivity contribution < 1.29 is 19.1 Å². The van der Waals surface area contributed by atoms with Crippen molar-refractivity contribution in [1.82, 2.24) is 5.32 Å². The van der Waals surface area contributed by atoms with Gasteiger partial charge in [0, 0.05) is 6.42 Å². The minimum atomic E-state index is -0.743. The monoisotopic (exact) mass is 373 g/mol. The highest BCUT2D eigenvalue weighted by atomic mass is 32.1. The lowest BCUT2D eigenvalue weighted by Gasteiger charge is -2.18. The zero-order valence-electron chi connectivity index (χ0n) is 14.9. The summed E-state index contributed by atoms with van der Waals surface area (Å²) in [5, 5.41) is 2.71. The Morgan fingerprint density at radius 1 is 1.08 bits per heavy atom. The molecule has 0 fully saturated rings. The largest absolute Gasteiger partial charge is 0.496 e. The first-order chi connectivity index (χ1) is 12.6. The average Bonchev–Trinajstić information content (AvgIpc) is 2.67. The van der Waals surface area contributed by atoms with Crippen LogP contribution in [0.15, 0.2) is 48.5 Å². The van der Waals surface area contributed by atoms with E-state index in [2.05, 4.69) is 17.9 Å². The summed E-state index contributed by atoms with van der Waals surface area (Å²) in [6.45, 7) is 0. The van der Waals surface area contributed by atoms with E-state index in [0.29, 0.717) is 29.9 Å². The molecule has 0 aliphatic heterocycles. The summed E-state index contributed by atoms with van der Waals surface area (Å²) in [4.78, 5) is 24.5. The van der Waals surface area contributed by atoms with Crippen LogP contribution in [-0.4, -0.2) is 37.9 Å². The summed E-state index contributed by atoms with van der Waals surface area (Å²) in [6.07, 6.45) is 1.02. The fourth-order valence-electron chi connectivity index (χ4n) is 2.72. The van der Waals surface area contributed by atoms with Gasteiger partial charge in [0.15, 0.2) is 0 Å². The van der Waals surface area contributed by atoms with Crippen LogP contribution in [0.1, 0.15) is 27.9 Å². The van der Waals surface area contributed by atoms with E-state index in [-0.39, 0.29) is 5.91 Å². The van der Waals surface area contributed by atoms with Crippen LogP contribution in [0.25, 0.3) is 0 Å². The SMILES string of the molecule is COC(=O)[C@H](CCS)NC(=O)c1cccc(Cc2ccccc2)c1OC. The van der Waals surface area contributed by atoms with E-state index in [1.807, 2.05) is 42.5 Å². The average molecular weight is 373 g/mol. The Kier molecular flexibility index (Phi) is 7.53. The molecule has 138 valence electrons. The zero-order chi connectivity index (χ0) is 18.9. The molecule has 1 amide bonds. The van der Waals surface area contributed by atoms with Crippen LogP contribution < -0.4 is 10.1 Å². The molecule has 0 aliphatic rings. The van der Waals surface area contributed by atoms with E-state index in [0.717, 1.165) is 11.1 Å². The maximum atomic E-state index is 12.7. The molecule has 0 bridgehead atoms. The van der Waals surface area contributed by atoms with Crippen molar-refractivity contribution in [2.24, 2.45) is 0 Å². The van der Waals surface area contributed by atoms with Crippen LogP contribution in [0.2, 0.25) is 0 Å². The first-order valence-corrected chi connectivity index (χ1v) is 8.93. The molecule has 0 saturated carbocycles. The number of carbonyl (C=O) groups is 2. The molecule has 0 radical (unpaired) electrons. The number of carbonyl (C=O) groups excluding carboxylic acids is 2. The van der Waals surface area contributed by atoms with Gasteiger partial charge in [-0.3, -0.25) is 4.79 Å². The number of para-hydroxylation sites is 1. The van der Waals surface area contributed by atoms with Gasteiger partial charge < -0.3 is 14.8 Å². The second-order valence-corrected chi connectivity index (χ2v) is 6.17. The number of hydrogen-bond donors (Lipinski definition) is 2. The van der Waals surface area contributed by atoms with Crippen LogP contribution >= 0.6 is 12.6 Å². The molecule has 2 rings (SSSR count). The summed E-state index contributed by atoms with van der Waals surface area (Å²) >= 11 is 4.13. The highest BCUT2D eigenvalue weighted by molar-refractivity contribution is 7.80. The Balaban J connectivity index is 2.26. The first-order valence-electron chi connectivity index (χ1n) is 8.30. The van der Waals surface area contributed by atoms with E-state index >= 15 is 0 Å². The molecule has 0 heterocycles. The van der Waals surface area contributed by atoms with Crippen molar-refractivity contribution in [2.45, 2.75) is 18.9 Å². The standard InChI is InChI=1S/C20H23NO4S/c1-24-18-15(13-14-7-4-3-5-8-14)9-6-10-16(18)19(22)21-17(11-12-26)20(23)25-2/h3-10,17,26H,11-13H2,1-2H3,(H,21,22)/t17-/m0/s1. The fourth-order valence-corrected chi connectivity index (χ4v) is 2.97. The predicted molar refractivity (Wildman–Crippen MR) is 104 cm³/mol. The summed E-state index contributed by atoms with van der Waals surface area (Å²) in [5.74, 6) is 0.0784. The minimum absolute atomic E-state index is 0.381. The Bertz CT molecular complexity index is 749. The van der Waals surface area contributed by atoms with Crippen molar-refractivity contribution >= 4 is 24.5 Å². The molecular weight excluding hydrogens is 350 g/mol. The first kappa shape index (κ1) is 19.8. The number of esters is 1. The molecule has 0 saturated heterocycles. The normalized spacial score (nSPS) is 11.5. The van der Waals surface area contributed by atoms with E-state index < -0.39 is 12.0 Å². The van der Waals surface area contributed by atoms with Crippen molar-refractivity contribution in [3.63, 3.8) is 0 Å². The van der Waals surface area contributed by atoms with Gasteiger partial charge in [-0.2, -0.15) is 12.6 Å². The van der Waals surface area contributed by atoms with Gasteiger partial charge in [-0.1, -0.05) is 42.5 Å². The van der Waals surface area contributed by atoms with Crippen LogP contribution in [0, 0.1) is 0 Å². The fraction of sp³-hybridized carbons (Fsp3) is 0.300. The summed E-state index contributed by atoms with van der Waals surface area (Å²) in [6, 6.07) is 14.6. The maximum Gasteiger partial charge on any atom is 0.328 e. The summed E-state index contributed by atoms with van der Waals surface area (Å²) < 4.78 is 10.2. The van der Waals surface area contributed by atoms with Gasteiger partial charge in [-0.25, -0.2) is 4.79 Å². The molecule has 26 heavy (non-hydrogen) atoms. The smallest absolute Gasteiger partial charge is 0.328 e. The maximum absolute atomic E-state index is 12.7. The van der Waals surface area contributed by atoms with Crippen LogP contribution in [0.4, 0.5) is 0 Å². The number of amides is 1. The van der Waals surface area contributed by atoms with Gasteiger partial charge in [0.2, 0.25) is 0 Å². The number of hydrogen-bond acceptors (Lipinski definition) is 5. The van der Waals surface area contributed by atoms with E-state index in [4.69, 9.17) is 9.47 Å². The Hall–Kier alpha value is -2.47. The van der Waals surface area contributed by atoms with Crippen molar-refractivity contribution in [3.8, 4) is 5.75 Å².